The van der Waals surface area contributed by atoms with E-state index in [-0.39, 0.29) is 41.9 Å². The maximum Gasteiger partial charge on any atom is 0.356 e. The van der Waals surface area contributed by atoms with Gasteiger partial charge in [-0.25, -0.2) is 9.18 Å². The lowest BCUT2D eigenvalue weighted by molar-refractivity contribution is 0.0688. The third kappa shape index (κ3) is 3.16. The molecule has 0 radical (unpaired) electrons. The molecule has 2 atom stereocenters. The number of carbonyl (C=O) groups is 1. The van der Waals surface area contributed by atoms with Crippen molar-refractivity contribution in [2.75, 3.05) is 0 Å². The zero-order valence-corrected chi connectivity index (χ0v) is 15.5. The smallest absolute Gasteiger partial charge is 0.356 e. The minimum absolute atomic E-state index is 0.0256. The Bertz CT molecular complexity index is 854. The SMILES string of the molecule is CC(C)C1C(c2ccccc2F)=NCc2cc(C(=O)O)nn2[C@H]1C(C)C. The van der Waals surface area contributed by atoms with Crippen LogP contribution in [0.2, 0.25) is 0 Å². The number of carboxylic acid groups (broad SMARTS) is 1. The van der Waals surface area contributed by atoms with Gasteiger partial charge in [-0.05, 0) is 24.0 Å². The van der Waals surface area contributed by atoms with Gasteiger partial charge < -0.3 is 5.11 Å². The Kier molecular flexibility index (Phi) is 4.94. The van der Waals surface area contributed by atoms with Gasteiger partial charge in [0, 0.05) is 11.5 Å². The number of rotatable bonds is 4. The molecule has 0 amide bonds. The molecule has 1 aromatic heterocycles. The topological polar surface area (TPSA) is 67.5 Å². The normalized spacial score (nSPS) is 20.0. The van der Waals surface area contributed by atoms with Gasteiger partial charge in [-0.3, -0.25) is 9.67 Å². The number of aromatic carboxylic acids is 1. The fourth-order valence-corrected chi connectivity index (χ4v) is 3.84. The van der Waals surface area contributed by atoms with Crippen molar-refractivity contribution in [2.45, 2.75) is 40.3 Å². The molecule has 0 spiro atoms. The Morgan fingerprint density at radius 3 is 2.50 bits per heavy atom. The number of fused-ring (bicyclic) bond motifs is 1. The Morgan fingerprint density at radius 1 is 1.23 bits per heavy atom. The molecule has 1 aliphatic rings. The molecule has 2 aromatic rings. The van der Waals surface area contributed by atoms with Gasteiger partial charge in [0.05, 0.1) is 24.0 Å². The van der Waals surface area contributed by atoms with Crippen LogP contribution < -0.4 is 0 Å². The van der Waals surface area contributed by atoms with E-state index in [0.717, 1.165) is 11.4 Å². The maximum atomic E-state index is 14.5. The van der Waals surface area contributed by atoms with Crippen molar-refractivity contribution in [2.24, 2.45) is 22.7 Å². The van der Waals surface area contributed by atoms with Gasteiger partial charge in [-0.2, -0.15) is 5.10 Å². The van der Waals surface area contributed by atoms with E-state index in [0.29, 0.717) is 5.56 Å². The minimum atomic E-state index is -1.05. The van der Waals surface area contributed by atoms with Crippen LogP contribution >= 0.6 is 0 Å². The van der Waals surface area contributed by atoms with Crippen LogP contribution in [0.5, 0.6) is 0 Å². The summed E-state index contributed by atoms with van der Waals surface area (Å²) in [5.41, 5.74) is 2.02. The van der Waals surface area contributed by atoms with Gasteiger partial charge in [-0.1, -0.05) is 45.9 Å². The van der Waals surface area contributed by atoms with E-state index in [1.165, 1.54) is 6.07 Å². The first-order valence-corrected chi connectivity index (χ1v) is 8.92. The van der Waals surface area contributed by atoms with Crippen molar-refractivity contribution >= 4 is 11.7 Å². The van der Waals surface area contributed by atoms with Gasteiger partial charge in [0.1, 0.15) is 5.82 Å². The van der Waals surface area contributed by atoms with Gasteiger partial charge in [-0.15, -0.1) is 0 Å². The monoisotopic (exact) mass is 357 g/mol. The quantitative estimate of drug-likeness (QED) is 0.892. The fourth-order valence-electron chi connectivity index (χ4n) is 3.84. The molecule has 1 N–H and O–H groups in total. The zero-order chi connectivity index (χ0) is 19.0. The highest BCUT2D eigenvalue weighted by atomic mass is 19.1. The number of benzene rings is 1. The van der Waals surface area contributed by atoms with Gasteiger partial charge in [0.2, 0.25) is 0 Å². The summed E-state index contributed by atoms with van der Waals surface area (Å²) in [7, 11) is 0. The molecule has 138 valence electrons. The molecule has 2 heterocycles. The number of halogens is 1. The van der Waals surface area contributed by atoms with E-state index in [2.05, 4.69) is 32.8 Å². The summed E-state index contributed by atoms with van der Waals surface area (Å²) >= 11 is 0. The summed E-state index contributed by atoms with van der Waals surface area (Å²) in [6.07, 6.45) is 0. The molecule has 0 aliphatic carbocycles. The van der Waals surface area contributed by atoms with E-state index >= 15 is 0 Å². The van der Waals surface area contributed by atoms with Crippen molar-refractivity contribution in [3.8, 4) is 0 Å². The van der Waals surface area contributed by atoms with Crippen molar-refractivity contribution in [3.63, 3.8) is 0 Å². The van der Waals surface area contributed by atoms with E-state index in [1.807, 2.05) is 6.07 Å². The van der Waals surface area contributed by atoms with Crippen LogP contribution in [0.25, 0.3) is 0 Å². The van der Waals surface area contributed by atoms with Crippen LogP contribution in [0.3, 0.4) is 0 Å². The molecular formula is C20H24FN3O2. The van der Waals surface area contributed by atoms with Crippen LogP contribution in [0.1, 0.15) is 55.5 Å². The summed E-state index contributed by atoms with van der Waals surface area (Å²) in [5, 5.41) is 13.7. The van der Waals surface area contributed by atoms with Crippen molar-refractivity contribution in [3.05, 3.63) is 53.1 Å². The fraction of sp³-hybridized carbons (Fsp3) is 0.450. The molecule has 5 nitrogen and oxygen atoms in total. The number of hydrogen-bond donors (Lipinski definition) is 1. The number of aromatic nitrogens is 2. The van der Waals surface area contributed by atoms with Gasteiger partial charge >= 0.3 is 5.97 Å². The number of hydrogen-bond acceptors (Lipinski definition) is 3. The van der Waals surface area contributed by atoms with Crippen LogP contribution in [-0.4, -0.2) is 26.6 Å². The summed E-state index contributed by atoms with van der Waals surface area (Å²) in [4.78, 5) is 16.1. The summed E-state index contributed by atoms with van der Waals surface area (Å²) in [5.74, 6) is -1.05. The molecule has 1 unspecified atom stereocenters. The van der Waals surface area contributed by atoms with Gasteiger partial charge in [0.15, 0.2) is 5.69 Å². The molecule has 6 heteroatoms. The zero-order valence-electron chi connectivity index (χ0n) is 15.5. The highest BCUT2D eigenvalue weighted by Crippen LogP contribution is 2.38. The average molecular weight is 357 g/mol. The molecule has 1 aliphatic heterocycles. The molecule has 0 saturated heterocycles. The second kappa shape index (κ2) is 7.02. The van der Waals surface area contributed by atoms with E-state index in [4.69, 9.17) is 4.99 Å². The lowest BCUT2D eigenvalue weighted by Crippen LogP contribution is -2.34. The Balaban J connectivity index is 2.20. The summed E-state index contributed by atoms with van der Waals surface area (Å²) < 4.78 is 16.3. The molecule has 1 aromatic carbocycles. The van der Waals surface area contributed by atoms with Crippen molar-refractivity contribution < 1.29 is 14.3 Å². The van der Waals surface area contributed by atoms with Crippen molar-refractivity contribution in [1.82, 2.24) is 9.78 Å². The minimum Gasteiger partial charge on any atom is -0.476 e. The summed E-state index contributed by atoms with van der Waals surface area (Å²) in [6.45, 7) is 8.62. The largest absolute Gasteiger partial charge is 0.476 e. The Labute approximate surface area is 152 Å². The molecule has 3 rings (SSSR count). The number of carboxylic acids is 1. The first kappa shape index (κ1) is 18.3. The molecule has 26 heavy (non-hydrogen) atoms. The standard InChI is InChI=1S/C20H24FN3O2/c1-11(2)17-18(14-7-5-6-8-15(14)21)22-10-13-9-16(20(25)26)23-24(13)19(17)12(3)4/h5-9,11-12,17,19H,10H2,1-4H3,(H,25,26)/t17?,19-/m0/s1. The van der Waals surface area contributed by atoms with E-state index in [1.54, 1.807) is 22.9 Å². The second-order valence-corrected chi connectivity index (χ2v) is 7.46. The third-order valence-electron chi connectivity index (χ3n) is 4.96. The van der Waals surface area contributed by atoms with Crippen LogP contribution in [0.15, 0.2) is 35.3 Å². The molecular weight excluding hydrogens is 333 g/mol. The number of nitrogens with zero attached hydrogens (tertiary/aromatic N) is 3. The van der Waals surface area contributed by atoms with Crippen LogP contribution in [-0.2, 0) is 6.54 Å². The second-order valence-electron chi connectivity index (χ2n) is 7.46. The van der Waals surface area contributed by atoms with Crippen LogP contribution in [0.4, 0.5) is 4.39 Å². The van der Waals surface area contributed by atoms with Gasteiger partial charge in [0.25, 0.3) is 0 Å². The van der Waals surface area contributed by atoms with E-state index < -0.39 is 5.97 Å². The Hall–Kier alpha value is -2.50. The molecule has 0 fully saturated rings. The van der Waals surface area contributed by atoms with Crippen LogP contribution in [0, 0.1) is 23.6 Å². The Morgan fingerprint density at radius 2 is 1.92 bits per heavy atom. The predicted octanol–water partition coefficient (Wildman–Crippen LogP) is 4.19. The van der Waals surface area contributed by atoms with Crippen molar-refractivity contribution in [1.29, 1.82) is 0 Å². The third-order valence-corrected chi connectivity index (χ3v) is 4.96. The maximum absolute atomic E-state index is 14.5. The lowest BCUT2D eigenvalue weighted by atomic mass is 9.77. The average Bonchev–Trinajstić information content (AvgIpc) is 2.91. The predicted molar refractivity (Wildman–Crippen MR) is 98.0 cm³/mol. The lowest BCUT2D eigenvalue weighted by Gasteiger charge is -2.34. The summed E-state index contributed by atoms with van der Waals surface area (Å²) in [6, 6.07) is 8.17. The molecule has 0 bridgehead atoms. The highest BCUT2D eigenvalue weighted by Gasteiger charge is 2.38. The highest BCUT2D eigenvalue weighted by molar-refractivity contribution is 6.03. The first-order chi connectivity index (χ1) is 12.3. The number of aliphatic imine (C=N–C) groups is 1. The molecule has 0 saturated carbocycles. The first-order valence-electron chi connectivity index (χ1n) is 8.92. The van der Waals surface area contributed by atoms with E-state index in [9.17, 15) is 14.3 Å².